The maximum atomic E-state index is 13.4. The first-order valence-electron chi connectivity index (χ1n) is 9.58. The van der Waals surface area contributed by atoms with Crippen LogP contribution in [-0.2, 0) is 11.8 Å². The number of furan rings is 1. The van der Waals surface area contributed by atoms with Crippen molar-refractivity contribution in [3.05, 3.63) is 41.1 Å². The molecule has 2 aromatic heterocycles. The van der Waals surface area contributed by atoms with E-state index in [1.807, 2.05) is 36.7 Å². The molecule has 3 heterocycles. The highest BCUT2D eigenvalue weighted by Crippen LogP contribution is 2.36. The second kappa shape index (κ2) is 8.86. The zero-order chi connectivity index (χ0) is 20.3. The molecule has 2 amide bonds. The van der Waals surface area contributed by atoms with E-state index in [4.69, 9.17) is 4.42 Å². The topological polar surface area (TPSA) is 80.4 Å². The molecule has 152 valence electrons. The standard InChI is InChI=1S/C20H28N4O3S/c1-13-18(14(2)23(3)22-13)16-7-5-10-24(16)20(26)15(9-12-28-4)21-19(25)17-8-6-11-27-17/h6,8,11,15-16H,5,7,9-10,12H2,1-4H3,(H,21,25). The number of carbonyl (C=O) groups is 2. The summed E-state index contributed by atoms with van der Waals surface area (Å²) in [6.45, 7) is 4.73. The fourth-order valence-electron chi connectivity index (χ4n) is 3.93. The minimum absolute atomic E-state index is 0.0125. The Balaban J connectivity index is 1.81. The maximum Gasteiger partial charge on any atom is 0.287 e. The summed E-state index contributed by atoms with van der Waals surface area (Å²) in [5.41, 5.74) is 3.18. The minimum Gasteiger partial charge on any atom is -0.459 e. The van der Waals surface area contributed by atoms with E-state index >= 15 is 0 Å². The van der Waals surface area contributed by atoms with Crippen LogP contribution in [0.5, 0.6) is 0 Å². The molecule has 1 aliphatic heterocycles. The molecule has 7 nitrogen and oxygen atoms in total. The Morgan fingerprint density at radius 1 is 1.43 bits per heavy atom. The van der Waals surface area contributed by atoms with E-state index in [-0.39, 0.29) is 23.6 Å². The third-order valence-electron chi connectivity index (χ3n) is 5.39. The van der Waals surface area contributed by atoms with Crippen LogP contribution >= 0.6 is 11.8 Å². The number of amides is 2. The molecule has 2 aromatic rings. The van der Waals surface area contributed by atoms with Gasteiger partial charge in [-0.25, -0.2) is 0 Å². The lowest BCUT2D eigenvalue weighted by Crippen LogP contribution is -2.48. The van der Waals surface area contributed by atoms with Crippen LogP contribution in [0.15, 0.2) is 22.8 Å². The highest BCUT2D eigenvalue weighted by Gasteiger charge is 2.37. The van der Waals surface area contributed by atoms with Crippen LogP contribution < -0.4 is 5.32 Å². The van der Waals surface area contributed by atoms with Gasteiger partial charge in [-0.15, -0.1) is 0 Å². The number of thioether (sulfide) groups is 1. The molecule has 0 saturated carbocycles. The number of nitrogens with zero attached hydrogens (tertiary/aromatic N) is 3. The van der Waals surface area contributed by atoms with Crippen LogP contribution in [0.25, 0.3) is 0 Å². The van der Waals surface area contributed by atoms with E-state index in [0.29, 0.717) is 13.0 Å². The first-order valence-corrected chi connectivity index (χ1v) is 11.0. The Labute approximate surface area is 169 Å². The molecule has 0 aromatic carbocycles. The monoisotopic (exact) mass is 404 g/mol. The average Bonchev–Trinajstić information content (AvgIpc) is 3.40. The quantitative estimate of drug-likeness (QED) is 0.768. The van der Waals surface area contributed by atoms with Crippen molar-refractivity contribution in [2.24, 2.45) is 7.05 Å². The highest BCUT2D eigenvalue weighted by atomic mass is 32.2. The molecular formula is C20H28N4O3S. The van der Waals surface area contributed by atoms with Gasteiger partial charge in [0.25, 0.3) is 5.91 Å². The lowest BCUT2D eigenvalue weighted by molar-refractivity contribution is -0.134. The summed E-state index contributed by atoms with van der Waals surface area (Å²) in [5.74, 6) is 0.630. The van der Waals surface area contributed by atoms with E-state index in [1.165, 1.54) is 6.26 Å². The van der Waals surface area contributed by atoms with Crippen LogP contribution in [0.4, 0.5) is 0 Å². The van der Waals surface area contributed by atoms with E-state index in [1.54, 1.807) is 23.9 Å². The van der Waals surface area contributed by atoms with Crippen LogP contribution in [0.3, 0.4) is 0 Å². The summed E-state index contributed by atoms with van der Waals surface area (Å²) >= 11 is 1.66. The number of likely N-dealkylation sites (tertiary alicyclic amines) is 1. The van der Waals surface area contributed by atoms with Crippen LogP contribution in [0, 0.1) is 13.8 Å². The van der Waals surface area contributed by atoms with Gasteiger partial charge in [0.1, 0.15) is 6.04 Å². The van der Waals surface area contributed by atoms with Gasteiger partial charge < -0.3 is 14.6 Å². The van der Waals surface area contributed by atoms with Crippen LogP contribution in [0.1, 0.15) is 52.8 Å². The molecule has 0 aliphatic carbocycles. The molecular weight excluding hydrogens is 376 g/mol. The molecule has 1 aliphatic rings. The van der Waals surface area contributed by atoms with Crippen molar-refractivity contribution in [1.29, 1.82) is 0 Å². The zero-order valence-corrected chi connectivity index (χ0v) is 17.7. The van der Waals surface area contributed by atoms with Crippen molar-refractivity contribution in [2.75, 3.05) is 18.6 Å². The van der Waals surface area contributed by atoms with Crippen molar-refractivity contribution in [2.45, 2.75) is 45.2 Å². The normalized spacial score (nSPS) is 17.7. The third kappa shape index (κ3) is 4.11. The van der Waals surface area contributed by atoms with Gasteiger partial charge >= 0.3 is 0 Å². The van der Waals surface area contributed by atoms with Gasteiger partial charge in [0.15, 0.2) is 5.76 Å². The molecule has 1 saturated heterocycles. The molecule has 3 rings (SSSR count). The van der Waals surface area contributed by atoms with Gasteiger partial charge in [-0.2, -0.15) is 16.9 Å². The van der Waals surface area contributed by atoms with Crippen molar-refractivity contribution in [1.82, 2.24) is 20.0 Å². The van der Waals surface area contributed by atoms with Crippen LogP contribution in [-0.4, -0.2) is 51.1 Å². The van der Waals surface area contributed by atoms with Gasteiger partial charge in [-0.3, -0.25) is 14.3 Å². The maximum absolute atomic E-state index is 13.4. The summed E-state index contributed by atoms with van der Waals surface area (Å²) in [7, 11) is 1.93. The number of aryl methyl sites for hydroxylation is 2. The molecule has 0 radical (unpaired) electrons. The highest BCUT2D eigenvalue weighted by molar-refractivity contribution is 7.98. The lowest BCUT2D eigenvalue weighted by Gasteiger charge is -2.29. The summed E-state index contributed by atoms with van der Waals surface area (Å²) in [6, 6.07) is 2.71. The molecule has 1 N–H and O–H groups in total. The van der Waals surface area contributed by atoms with Crippen LogP contribution in [0.2, 0.25) is 0 Å². The number of hydrogen-bond acceptors (Lipinski definition) is 5. The molecule has 0 bridgehead atoms. The predicted molar refractivity (Wildman–Crippen MR) is 109 cm³/mol. The van der Waals surface area contributed by atoms with Gasteiger partial charge in [0.2, 0.25) is 5.91 Å². The smallest absolute Gasteiger partial charge is 0.287 e. The van der Waals surface area contributed by atoms with Gasteiger partial charge in [-0.1, -0.05) is 0 Å². The second-order valence-corrected chi connectivity index (χ2v) is 8.17. The van der Waals surface area contributed by atoms with E-state index in [0.717, 1.165) is 35.5 Å². The van der Waals surface area contributed by atoms with Crippen molar-refractivity contribution >= 4 is 23.6 Å². The van der Waals surface area contributed by atoms with E-state index in [2.05, 4.69) is 10.4 Å². The molecule has 2 unspecified atom stereocenters. The molecule has 2 atom stereocenters. The Morgan fingerprint density at radius 3 is 2.82 bits per heavy atom. The summed E-state index contributed by atoms with van der Waals surface area (Å²) in [6.07, 6.45) is 5.90. The minimum atomic E-state index is -0.567. The average molecular weight is 405 g/mol. The number of carbonyl (C=O) groups excluding carboxylic acids is 2. The third-order valence-corrected chi connectivity index (χ3v) is 6.04. The molecule has 8 heteroatoms. The predicted octanol–water partition coefficient (Wildman–Crippen LogP) is 2.85. The summed E-state index contributed by atoms with van der Waals surface area (Å²) < 4.78 is 7.05. The van der Waals surface area contributed by atoms with Crippen molar-refractivity contribution in [3.63, 3.8) is 0 Å². The Bertz CT molecular complexity index is 831. The SMILES string of the molecule is CSCCC(NC(=O)c1ccco1)C(=O)N1CCCC1c1c(C)nn(C)c1C. The first-order chi connectivity index (χ1) is 13.4. The lowest BCUT2D eigenvalue weighted by atomic mass is 10.0. The fourth-order valence-corrected chi connectivity index (χ4v) is 4.40. The van der Waals surface area contributed by atoms with Gasteiger partial charge in [0, 0.05) is 24.8 Å². The van der Waals surface area contributed by atoms with E-state index in [9.17, 15) is 9.59 Å². The molecule has 28 heavy (non-hydrogen) atoms. The Hall–Kier alpha value is -2.22. The van der Waals surface area contributed by atoms with Gasteiger partial charge in [0.05, 0.1) is 18.0 Å². The number of rotatable bonds is 7. The zero-order valence-electron chi connectivity index (χ0n) is 16.9. The first kappa shape index (κ1) is 20.5. The second-order valence-electron chi connectivity index (χ2n) is 7.18. The van der Waals surface area contributed by atoms with Gasteiger partial charge in [-0.05, 0) is 57.3 Å². The Kier molecular flexibility index (Phi) is 6.49. The van der Waals surface area contributed by atoms with E-state index < -0.39 is 6.04 Å². The summed E-state index contributed by atoms with van der Waals surface area (Å²) in [4.78, 5) is 27.8. The molecule has 0 spiro atoms. The summed E-state index contributed by atoms with van der Waals surface area (Å²) in [5, 5.41) is 7.40. The molecule has 1 fully saturated rings. The fraction of sp³-hybridized carbons (Fsp3) is 0.550. The Morgan fingerprint density at radius 2 is 2.21 bits per heavy atom. The largest absolute Gasteiger partial charge is 0.459 e. The number of nitrogens with one attached hydrogen (secondary N) is 1. The number of aromatic nitrogens is 2. The van der Waals surface area contributed by atoms with Crippen molar-refractivity contribution in [3.8, 4) is 0 Å². The van der Waals surface area contributed by atoms with Crippen molar-refractivity contribution < 1.29 is 14.0 Å². The number of hydrogen-bond donors (Lipinski definition) is 1.